The molecule has 124 valence electrons. The molecule has 1 aromatic carbocycles. The van der Waals surface area contributed by atoms with Gasteiger partial charge in [-0.25, -0.2) is 4.79 Å². The molecule has 6 heteroatoms. The summed E-state index contributed by atoms with van der Waals surface area (Å²) in [6.07, 6.45) is -0.282. The molecular weight excluding hydrogens is 294 g/mol. The molecule has 0 fully saturated rings. The summed E-state index contributed by atoms with van der Waals surface area (Å²) in [7, 11) is 1.54. The zero-order valence-electron chi connectivity index (χ0n) is 14.3. The molecule has 1 unspecified atom stereocenters. The molecule has 0 aliphatic carbocycles. The second kappa shape index (κ2) is 5.65. The van der Waals surface area contributed by atoms with Gasteiger partial charge in [-0.2, -0.15) is 5.26 Å². The van der Waals surface area contributed by atoms with Crippen LogP contribution in [0.1, 0.15) is 45.2 Å². The van der Waals surface area contributed by atoms with Gasteiger partial charge < -0.3 is 15.2 Å². The molecule has 1 aliphatic rings. The van der Waals surface area contributed by atoms with Crippen LogP contribution in [0.25, 0.3) is 0 Å². The molecule has 2 rings (SSSR count). The Hall–Kier alpha value is -2.42. The Morgan fingerprint density at radius 2 is 2.13 bits per heavy atom. The molecule has 0 spiro atoms. The Bertz CT molecular complexity index is 673. The third-order valence-electron chi connectivity index (χ3n) is 4.00. The third-order valence-corrected chi connectivity index (χ3v) is 4.00. The Labute approximate surface area is 136 Å². The quantitative estimate of drug-likeness (QED) is 0.846. The van der Waals surface area contributed by atoms with Gasteiger partial charge in [0.2, 0.25) is 0 Å². The first-order valence-electron chi connectivity index (χ1n) is 7.47. The van der Waals surface area contributed by atoms with Crippen molar-refractivity contribution in [2.24, 2.45) is 0 Å². The summed E-state index contributed by atoms with van der Waals surface area (Å²) in [6, 6.07) is 5.78. The molecule has 0 saturated carbocycles. The molecule has 1 aliphatic heterocycles. The van der Waals surface area contributed by atoms with Crippen molar-refractivity contribution < 1.29 is 14.3 Å². The topological polar surface area (TPSA) is 88.6 Å². The first-order valence-corrected chi connectivity index (χ1v) is 7.47. The maximum Gasteiger partial charge on any atom is 0.411 e. The molecule has 6 nitrogen and oxygen atoms in total. The van der Waals surface area contributed by atoms with Crippen LogP contribution in [0.2, 0.25) is 0 Å². The van der Waals surface area contributed by atoms with Crippen LogP contribution in [0.3, 0.4) is 0 Å². The van der Waals surface area contributed by atoms with Crippen LogP contribution >= 0.6 is 0 Å². The van der Waals surface area contributed by atoms with Crippen LogP contribution in [-0.4, -0.2) is 23.7 Å². The fourth-order valence-corrected chi connectivity index (χ4v) is 2.87. The van der Waals surface area contributed by atoms with E-state index in [2.05, 4.69) is 6.07 Å². The van der Waals surface area contributed by atoms with Gasteiger partial charge in [-0.15, -0.1) is 0 Å². The minimum absolute atomic E-state index is 0.159. The smallest absolute Gasteiger partial charge is 0.411 e. The average molecular weight is 317 g/mol. The van der Waals surface area contributed by atoms with E-state index >= 15 is 0 Å². The minimum atomic E-state index is -0.770. The lowest BCUT2D eigenvalue weighted by Crippen LogP contribution is -2.44. The van der Waals surface area contributed by atoms with Crippen molar-refractivity contribution in [2.75, 3.05) is 12.8 Å². The molecular formula is C17H23N3O3. The molecule has 1 amide bonds. The minimum Gasteiger partial charge on any atom is -0.495 e. The van der Waals surface area contributed by atoms with Crippen molar-refractivity contribution in [1.29, 1.82) is 5.26 Å². The summed E-state index contributed by atoms with van der Waals surface area (Å²) in [4.78, 5) is 14.2. The van der Waals surface area contributed by atoms with E-state index < -0.39 is 17.2 Å². The summed E-state index contributed by atoms with van der Waals surface area (Å²) in [5.74, 6) is 0.541. The van der Waals surface area contributed by atoms with Gasteiger partial charge in [0.25, 0.3) is 0 Å². The number of hydrogen-bond acceptors (Lipinski definition) is 5. The number of ether oxygens (including phenoxy) is 2. The number of methoxy groups -OCH3 is 1. The summed E-state index contributed by atoms with van der Waals surface area (Å²) in [6.45, 7) is 7.67. The van der Waals surface area contributed by atoms with E-state index in [0.717, 1.165) is 11.1 Å². The second-order valence-electron chi connectivity index (χ2n) is 6.93. The van der Waals surface area contributed by atoms with Crippen molar-refractivity contribution in [3.8, 4) is 11.8 Å². The number of rotatable bonds is 2. The van der Waals surface area contributed by atoms with Crippen molar-refractivity contribution in [3.63, 3.8) is 0 Å². The predicted octanol–water partition coefficient (Wildman–Crippen LogP) is 3.16. The number of nitrogen functional groups attached to an aromatic ring is 1. The molecule has 1 aromatic rings. The zero-order valence-corrected chi connectivity index (χ0v) is 14.3. The predicted molar refractivity (Wildman–Crippen MR) is 86.8 cm³/mol. The number of nitrogens with two attached hydrogens (primary N) is 1. The highest BCUT2D eigenvalue weighted by Crippen LogP contribution is 2.45. The van der Waals surface area contributed by atoms with E-state index in [0.29, 0.717) is 18.0 Å². The number of carbonyl (C=O) groups excluding carboxylic acids is 1. The highest BCUT2D eigenvalue weighted by Gasteiger charge is 2.46. The molecule has 23 heavy (non-hydrogen) atoms. The molecule has 0 bridgehead atoms. The molecule has 0 radical (unpaired) electrons. The number of fused-ring (bicyclic) bond motifs is 1. The highest BCUT2D eigenvalue weighted by molar-refractivity contribution is 5.72. The molecule has 2 N–H and O–H groups in total. The van der Waals surface area contributed by atoms with Crippen LogP contribution in [0.5, 0.6) is 5.75 Å². The van der Waals surface area contributed by atoms with Crippen LogP contribution in [0.4, 0.5) is 10.5 Å². The normalized spacial score (nSPS) is 19.9. The van der Waals surface area contributed by atoms with E-state index in [1.807, 2.05) is 33.8 Å². The Balaban J connectivity index is 2.48. The van der Waals surface area contributed by atoms with Gasteiger partial charge in [0, 0.05) is 0 Å². The largest absolute Gasteiger partial charge is 0.495 e. The van der Waals surface area contributed by atoms with Gasteiger partial charge in [-0.3, -0.25) is 4.90 Å². The Morgan fingerprint density at radius 3 is 2.65 bits per heavy atom. The maximum absolute atomic E-state index is 12.6. The van der Waals surface area contributed by atoms with Crippen molar-refractivity contribution >= 4 is 11.8 Å². The zero-order chi connectivity index (χ0) is 17.4. The Morgan fingerprint density at radius 1 is 1.48 bits per heavy atom. The van der Waals surface area contributed by atoms with Gasteiger partial charge >= 0.3 is 6.09 Å². The summed E-state index contributed by atoms with van der Waals surface area (Å²) in [5, 5.41) is 9.25. The van der Waals surface area contributed by atoms with E-state index in [-0.39, 0.29) is 6.42 Å². The fraction of sp³-hybridized carbons (Fsp3) is 0.529. The first-order chi connectivity index (χ1) is 10.6. The molecule has 0 saturated heterocycles. The summed E-state index contributed by atoms with van der Waals surface area (Å²) < 4.78 is 10.8. The number of nitrogens with zero attached hydrogens (tertiary/aromatic N) is 2. The number of nitriles is 1. The van der Waals surface area contributed by atoms with Gasteiger partial charge in [-0.1, -0.05) is 0 Å². The van der Waals surface area contributed by atoms with Crippen LogP contribution in [0.15, 0.2) is 12.1 Å². The molecule has 1 atom stereocenters. The number of hydrogen-bond donors (Lipinski definition) is 1. The van der Waals surface area contributed by atoms with Gasteiger partial charge in [0.05, 0.1) is 37.4 Å². The van der Waals surface area contributed by atoms with E-state index in [1.165, 1.54) is 0 Å². The number of anilines is 1. The lowest BCUT2D eigenvalue weighted by atomic mass is 9.88. The highest BCUT2D eigenvalue weighted by atomic mass is 16.6. The van der Waals surface area contributed by atoms with Crippen molar-refractivity contribution in [1.82, 2.24) is 4.90 Å². The van der Waals surface area contributed by atoms with Crippen LogP contribution in [0, 0.1) is 11.3 Å². The SMILES string of the molecule is COc1cc2c(cc1N)CN(C(=O)OC(C)(C)C)C2(C)CC#N. The number of benzene rings is 1. The first kappa shape index (κ1) is 16.9. The molecule has 1 heterocycles. The maximum atomic E-state index is 12.6. The van der Waals surface area contributed by atoms with E-state index in [1.54, 1.807) is 18.1 Å². The monoisotopic (exact) mass is 317 g/mol. The van der Waals surface area contributed by atoms with E-state index in [4.69, 9.17) is 15.2 Å². The third kappa shape index (κ3) is 3.04. The van der Waals surface area contributed by atoms with Gasteiger partial charge in [-0.05, 0) is 51.0 Å². The van der Waals surface area contributed by atoms with Crippen LogP contribution < -0.4 is 10.5 Å². The van der Waals surface area contributed by atoms with Gasteiger partial charge in [0.1, 0.15) is 11.4 Å². The number of carbonyl (C=O) groups is 1. The van der Waals surface area contributed by atoms with Crippen molar-refractivity contribution in [2.45, 2.75) is 51.8 Å². The lowest BCUT2D eigenvalue weighted by molar-refractivity contribution is 0.00262. The molecule has 0 aromatic heterocycles. The van der Waals surface area contributed by atoms with E-state index in [9.17, 15) is 10.1 Å². The summed E-state index contributed by atoms with van der Waals surface area (Å²) in [5.41, 5.74) is 6.88. The fourth-order valence-electron chi connectivity index (χ4n) is 2.87. The Kier molecular flexibility index (Phi) is 4.16. The van der Waals surface area contributed by atoms with Gasteiger partial charge in [0.15, 0.2) is 0 Å². The standard InChI is InChI=1S/C17H23N3O3/c1-16(2,3)23-15(21)20-10-11-8-13(19)14(22-5)9-12(11)17(20,4)6-7-18/h8-9H,6,10,19H2,1-5H3. The van der Waals surface area contributed by atoms with Crippen molar-refractivity contribution in [3.05, 3.63) is 23.3 Å². The summed E-state index contributed by atoms with van der Waals surface area (Å²) >= 11 is 0. The van der Waals surface area contributed by atoms with Crippen LogP contribution in [-0.2, 0) is 16.8 Å². The average Bonchev–Trinajstić information content (AvgIpc) is 2.69. The number of amides is 1. The second-order valence-corrected chi connectivity index (χ2v) is 6.93. The lowest BCUT2D eigenvalue weighted by Gasteiger charge is -2.35.